The number of rotatable bonds is 6. The fraction of sp³-hybridized carbons (Fsp3) is 0.200. The van der Waals surface area contributed by atoms with E-state index < -0.39 is 24.3 Å². The second-order valence-corrected chi connectivity index (χ2v) is 6.31. The van der Waals surface area contributed by atoms with Gasteiger partial charge in [-0.25, -0.2) is 4.68 Å². The van der Waals surface area contributed by atoms with E-state index in [4.69, 9.17) is 0 Å². The van der Waals surface area contributed by atoms with E-state index in [-0.39, 0.29) is 23.5 Å². The van der Waals surface area contributed by atoms with Crippen molar-refractivity contribution in [3.8, 4) is 11.4 Å². The van der Waals surface area contributed by atoms with E-state index in [1.807, 2.05) is 0 Å². The molecule has 1 heterocycles. The van der Waals surface area contributed by atoms with E-state index in [0.717, 1.165) is 12.1 Å². The molecule has 0 bridgehead atoms. The maximum Gasteiger partial charge on any atom is 0.416 e. The van der Waals surface area contributed by atoms with Crippen LogP contribution in [0.2, 0.25) is 0 Å². The Kier molecular flexibility index (Phi) is 6.04. The van der Waals surface area contributed by atoms with Crippen molar-refractivity contribution in [3.05, 3.63) is 77.1 Å². The minimum Gasteiger partial charge on any atom is -0.435 e. The first-order valence-corrected chi connectivity index (χ1v) is 8.69. The molecule has 0 fully saturated rings. The van der Waals surface area contributed by atoms with Crippen LogP contribution in [0.4, 0.5) is 22.0 Å². The minimum absolute atomic E-state index is 0.00159. The molecule has 0 saturated heterocycles. The standard InChI is InChI=1S/C20H16F5N3O2/c1-12-17(11-27-28(12)15-4-2-3-14(9-15)20(23,24)25)18(29)26-10-13-5-7-16(8-6-13)30-19(21)22/h2-9,11,19H,10H2,1H3,(H,26,29). The highest BCUT2D eigenvalue weighted by atomic mass is 19.4. The van der Waals surface area contributed by atoms with Crippen molar-refractivity contribution in [1.29, 1.82) is 0 Å². The summed E-state index contributed by atoms with van der Waals surface area (Å²) in [6.45, 7) is -1.24. The summed E-state index contributed by atoms with van der Waals surface area (Å²) in [4.78, 5) is 12.5. The number of benzene rings is 2. The van der Waals surface area contributed by atoms with Crippen molar-refractivity contribution in [1.82, 2.24) is 15.1 Å². The third kappa shape index (κ3) is 4.94. The van der Waals surface area contributed by atoms with Gasteiger partial charge in [-0.05, 0) is 42.8 Å². The summed E-state index contributed by atoms with van der Waals surface area (Å²) < 4.78 is 68.6. The van der Waals surface area contributed by atoms with E-state index >= 15 is 0 Å². The van der Waals surface area contributed by atoms with Gasteiger partial charge in [-0.15, -0.1) is 0 Å². The lowest BCUT2D eigenvalue weighted by Crippen LogP contribution is -2.23. The van der Waals surface area contributed by atoms with Crippen molar-refractivity contribution >= 4 is 5.91 Å². The van der Waals surface area contributed by atoms with Crippen LogP contribution in [0.25, 0.3) is 5.69 Å². The van der Waals surface area contributed by atoms with E-state index in [0.29, 0.717) is 11.3 Å². The van der Waals surface area contributed by atoms with Crippen LogP contribution in [-0.4, -0.2) is 22.3 Å². The van der Waals surface area contributed by atoms with Gasteiger partial charge in [0.05, 0.1) is 28.7 Å². The number of amides is 1. The number of halogens is 5. The molecule has 0 saturated carbocycles. The smallest absolute Gasteiger partial charge is 0.416 e. The molecular weight excluding hydrogens is 409 g/mol. The zero-order valence-electron chi connectivity index (χ0n) is 15.6. The van der Waals surface area contributed by atoms with Gasteiger partial charge < -0.3 is 10.1 Å². The summed E-state index contributed by atoms with van der Waals surface area (Å²) in [6.07, 6.45) is -3.22. The molecule has 30 heavy (non-hydrogen) atoms. The Morgan fingerprint density at radius 1 is 1.17 bits per heavy atom. The van der Waals surface area contributed by atoms with Crippen molar-refractivity contribution < 1.29 is 31.5 Å². The number of ether oxygens (including phenoxy) is 1. The first-order chi connectivity index (χ1) is 14.1. The molecule has 3 aromatic rings. The van der Waals surface area contributed by atoms with Crippen LogP contribution in [0, 0.1) is 6.92 Å². The number of hydrogen-bond acceptors (Lipinski definition) is 3. The highest BCUT2D eigenvalue weighted by Crippen LogP contribution is 2.30. The summed E-state index contributed by atoms with van der Waals surface area (Å²) in [7, 11) is 0. The second kappa shape index (κ2) is 8.52. The summed E-state index contributed by atoms with van der Waals surface area (Å²) in [6, 6.07) is 10.4. The Balaban J connectivity index is 1.70. The highest BCUT2D eigenvalue weighted by Gasteiger charge is 2.30. The Bertz CT molecular complexity index is 1030. The van der Waals surface area contributed by atoms with Crippen molar-refractivity contribution in [2.24, 2.45) is 0 Å². The molecule has 0 aliphatic heterocycles. The molecule has 1 amide bonds. The first-order valence-electron chi connectivity index (χ1n) is 8.69. The molecule has 0 aliphatic rings. The van der Waals surface area contributed by atoms with Gasteiger partial charge in [-0.1, -0.05) is 18.2 Å². The average Bonchev–Trinajstić information content (AvgIpc) is 3.08. The van der Waals surface area contributed by atoms with Gasteiger partial charge in [-0.2, -0.15) is 27.1 Å². The molecule has 1 N–H and O–H groups in total. The maximum atomic E-state index is 12.9. The SMILES string of the molecule is Cc1c(C(=O)NCc2ccc(OC(F)F)cc2)cnn1-c1cccc(C(F)(F)F)c1. The summed E-state index contributed by atoms with van der Waals surface area (Å²) in [5.74, 6) is -0.475. The van der Waals surface area contributed by atoms with Crippen molar-refractivity contribution in [3.63, 3.8) is 0 Å². The number of alkyl halides is 5. The Labute approximate surface area is 168 Å². The van der Waals surface area contributed by atoms with Gasteiger partial charge in [0.2, 0.25) is 0 Å². The normalized spacial score (nSPS) is 11.6. The van der Waals surface area contributed by atoms with Gasteiger partial charge in [0.15, 0.2) is 0 Å². The minimum atomic E-state index is -4.49. The van der Waals surface area contributed by atoms with Crippen LogP contribution in [-0.2, 0) is 12.7 Å². The number of hydrogen-bond donors (Lipinski definition) is 1. The van der Waals surface area contributed by atoms with Gasteiger partial charge in [-0.3, -0.25) is 4.79 Å². The lowest BCUT2D eigenvalue weighted by Gasteiger charge is -2.10. The summed E-state index contributed by atoms with van der Waals surface area (Å²) in [5.41, 5.74) is 0.571. The number of aromatic nitrogens is 2. The number of carbonyl (C=O) groups is 1. The van der Waals surface area contributed by atoms with Gasteiger partial charge in [0, 0.05) is 6.54 Å². The second-order valence-electron chi connectivity index (χ2n) is 6.31. The summed E-state index contributed by atoms with van der Waals surface area (Å²) in [5, 5.41) is 6.68. The number of nitrogens with one attached hydrogen (secondary N) is 1. The van der Waals surface area contributed by atoms with E-state index in [1.54, 1.807) is 6.92 Å². The molecule has 158 valence electrons. The van der Waals surface area contributed by atoms with E-state index in [9.17, 15) is 26.7 Å². The molecule has 0 spiro atoms. The molecule has 2 aromatic carbocycles. The number of carbonyl (C=O) groups excluding carboxylic acids is 1. The van der Waals surface area contributed by atoms with Crippen molar-refractivity contribution in [2.45, 2.75) is 26.3 Å². The van der Waals surface area contributed by atoms with Crippen LogP contribution in [0.1, 0.15) is 27.2 Å². The largest absolute Gasteiger partial charge is 0.435 e. The molecule has 1 aromatic heterocycles. The third-order valence-electron chi connectivity index (χ3n) is 4.27. The fourth-order valence-electron chi connectivity index (χ4n) is 2.77. The van der Waals surface area contributed by atoms with Crippen LogP contribution in [0.5, 0.6) is 5.75 Å². The quantitative estimate of drug-likeness (QED) is 0.581. The van der Waals surface area contributed by atoms with Crippen LogP contribution in [0.3, 0.4) is 0 Å². The molecule has 0 atom stereocenters. The Hall–Kier alpha value is -3.43. The zero-order chi connectivity index (χ0) is 21.9. The predicted octanol–water partition coefficient (Wildman–Crippen LogP) is 4.73. The first kappa shape index (κ1) is 21.3. The molecule has 5 nitrogen and oxygen atoms in total. The topological polar surface area (TPSA) is 56.1 Å². The monoisotopic (exact) mass is 425 g/mol. The molecule has 0 radical (unpaired) electrons. The maximum absolute atomic E-state index is 12.9. The molecule has 0 aliphatic carbocycles. The van der Waals surface area contributed by atoms with Crippen molar-refractivity contribution in [2.75, 3.05) is 0 Å². The van der Waals surface area contributed by atoms with Gasteiger partial charge >= 0.3 is 12.8 Å². The predicted molar refractivity (Wildman–Crippen MR) is 97.5 cm³/mol. The lowest BCUT2D eigenvalue weighted by atomic mass is 10.2. The molecule has 10 heteroatoms. The third-order valence-corrected chi connectivity index (χ3v) is 4.27. The van der Waals surface area contributed by atoms with E-state index in [1.165, 1.54) is 47.3 Å². The van der Waals surface area contributed by atoms with Crippen LogP contribution < -0.4 is 10.1 Å². The average molecular weight is 425 g/mol. The van der Waals surface area contributed by atoms with E-state index in [2.05, 4.69) is 15.2 Å². The fourth-order valence-corrected chi connectivity index (χ4v) is 2.77. The molecular formula is C20H16F5N3O2. The van der Waals surface area contributed by atoms with Crippen LogP contribution in [0.15, 0.2) is 54.7 Å². The van der Waals surface area contributed by atoms with Gasteiger partial charge in [0.1, 0.15) is 5.75 Å². The number of nitrogens with zero attached hydrogens (tertiary/aromatic N) is 2. The van der Waals surface area contributed by atoms with Gasteiger partial charge in [0.25, 0.3) is 5.91 Å². The zero-order valence-corrected chi connectivity index (χ0v) is 15.6. The Morgan fingerprint density at radius 3 is 2.50 bits per heavy atom. The lowest BCUT2D eigenvalue weighted by molar-refractivity contribution is -0.137. The summed E-state index contributed by atoms with van der Waals surface area (Å²) >= 11 is 0. The Morgan fingerprint density at radius 2 is 1.87 bits per heavy atom. The molecule has 0 unspecified atom stereocenters. The van der Waals surface area contributed by atoms with Crippen LogP contribution >= 0.6 is 0 Å². The molecule has 3 rings (SSSR count). The highest BCUT2D eigenvalue weighted by molar-refractivity contribution is 5.95.